The fourth-order valence-corrected chi connectivity index (χ4v) is 4.59. The number of ether oxygens (including phenoxy) is 1. The molecule has 0 aliphatic carbocycles. The van der Waals surface area contributed by atoms with Gasteiger partial charge in [-0.3, -0.25) is 14.5 Å². The van der Waals surface area contributed by atoms with Crippen molar-refractivity contribution in [3.63, 3.8) is 0 Å². The minimum absolute atomic E-state index is 0.0414. The monoisotopic (exact) mass is 414 g/mol. The summed E-state index contributed by atoms with van der Waals surface area (Å²) in [5.74, 6) is 0.173. The lowest BCUT2D eigenvalue weighted by molar-refractivity contribution is -0.122. The van der Waals surface area contributed by atoms with Crippen LogP contribution in [-0.2, 0) is 16.1 Å². The van der Waals surface area contributed by atoms with E-state index >= 15 is 0 Å². The summed E-state index contributed by atoms with van der Waals surface area (Å²) in [4.78, 5) is 33.7. The molecule has 29 heavy (non-hydrogen) atoms. The van der Waals surface area contributed by atoms with Gasteiger partial charge in [0.25, 0.3) is 0 Å². The highest BCUT2D eigenvalue weighted by molar-refractivity contribution is 7.13. The Bertz CT molecular complexity index is 861. The number of hydrogen-bond donors (Lipinski definition) is 1. The van der Waals surface area contributed by atoms with Crippen LogP contribution in [0.15, 0.2) is 29.6 Å². The van der Waals surface area contributed by atoms with Crippen LogP contribution in [0.25, 0.3) is 0 Å². The van der Waals surface area contributed by atoms with E-state index in [2.05, 4.69) is 15.2 Å². The molecule has 1 aromatic carbocycles. The van der Waals surface area contributed by atoms with Gasteiger partial charge in [-0.25, -0.2) is 4.98 Å². The molecule has 0 bridgehead atoms. The second kappa shape index (κ2) is 8.92. The van der Waals surface area contributed by atoms with Crippen molar-refractivity contribution in [3.05, 3.63) is 35.3 Å². The maximum absolute atomic E-state index is 12.7. The first-order valence-corrected chi connectivity index (χ1v) is 10.9. The minimum Gasteiger partial charge on any atom is -0.497 e. The molecule has 2 aliphatic rings. The van der Waals surface area contributed by atoms with Crippen LogP contribution >= 0.6 is 11.3 Å². The number of piperidine rings is 1. The predicted octanol–water partition coefficient (Wildman–Crippen LogP) is 3.13. The topological polar surface area (TPSA) is 74.8 Å². The molecule has 2 aliphatic heterocycles. The molecule has 2 fully saturated rings. The number of anilines is 2. The van der Waals surface area contributed by atoms with Crippen molar-refractivity contribution in [2.75, 3.05) is 37.0 Å². The molecule has 2 saturated heterocycles. The first-order chi connectivity index (χ1) is 14.1. The van der Waals surface area contributed by atoms with Gasteiger partial charge in [0.15, 0.2) is 5.13 Å². The number of carbonyl (C=O) groups excluding carboxylic acids is 2. The number of nitrogens with one attached hydrogen (secondary N) is 1. The molecule has 3 heterocycles. The van der Waals surface area contributed by atoms with Crippen molar-refractivity contribution in [2.45, 2.75) is 32.2 Å². The Morgan fingerprint density at radius 1 is 1.24 bits per heavy atom. The molecule has 2 aromatic rings. The molecule has 1 atom stereocenters. The highest BCUT2D eigenvalue weighted by Gasteiger charge is 2.35. The number of likely N-dealkylation sites (tertiary alicyclic amines) is 1. The average molecular weight is 415 g/mol. The second-order valence-corrected chi connectivity index (χ2v) is 8.43. The van der Waals surface area contributed by atoms with Crippen molar-refractivity contribution >= 4 is 34.0 Å². The third kappa shape index (κ3) is 4.76. The van der Waals surface area contributed by atoms with Crippen LogP contribution in [-0.4, -0.2) is 48.4 Å². The molecule has 2 amide bonds. The molecular formula is C21H26N4O3S. The van der Waals surface area contributed by atoms with Gasteiger partial charge < -0.3 is 15.0 Å². The number of rotatable bonds is 6. The lowest BCUT2D eigenvalue weighted by Crippen LogP contribution is -2.29. The van der Waals surface area contributed by atoms with E-state index < -0.39 is 0 Å². The zero-order valence-electron chi connectivity index (χ0n) is 16.6. The molecule has 8 heteroatoms. The van der Waals surface area contributed by atoms with Crippen molar-refractivity contribution in [2.24, 2.45) is 5.92 Å². The Morgan fingerprint density at radius 2 is 2.00 bits per heavy atom. The molecule has 1 unspecified atom stereocenters. The maximum Gasteiger partial charge on any atom is 0.231 e. The first-order valence-electron chi connectivity index (χ1n) is 10.0. The van der Waals surface area contributed by atoms with E-state index in [0.717, 1.165) is 36.8 Å². The van der Waals surface area contributed by atoms with Gasteiger partial charge in [0.1, 0.15) is 5.75 Å². The van der Waals surface area contributed by atoms with E-state index in [0.29, 0.717) is 11.7 Å². The Morgan fingerprint density at radius 3 is 2.72 bits per heavy atom. The van der Waals surface area contributed by atoms with E-state index in [-0.39, 0.29) is 24.2 Å². The molecule has 1 aromatic heterocycles. The van der Waals surface area contributed by atoms with Crippen LogP contribution < -0.4 is 15.0 Å². The standard InChI is InChI=1S/C21H26N4O3S/c1-28-18-7-5-17(6-8-18)25-12-15(11-19(25)26)20(27)23-21-22-16(14-29-21)13-24-9-3-2-4-10-24/h5-8,14-15H,2-4,9-13H2,1H3,(H,22,23,27). The largest absolute Gasteiger partial charge is 0.497 e. The predicted molar refractivity (Wildman–Crippen MR) is 113 cm³/mol. The quantitative estimate of drug-likeness (QED) is 0.786. The third-order valence-electron chi connectivity index (χ3n) is 5.50. The summed E-state index contributed by atoms with van der Waals surface area (Å²) < 4.78 is 5.16. The number of carbonyl (C=O) groups is 2. The molecule has 0 spiro atoms. The number of benzene rings is 1. The molecule has 7 nitrogen and oxygen atoms in total. The van der Waals surface area contributed by atoms with Gasteiger partial charge in [0.05, 0.1) is 18.7 Å². The highest BCUT2D eigenvalue weighted by atomic mass is 32.1. The number of aromatic nitrogens is 1. The summed E-state index contributed by atoms with van der Waals surface area (Å²) in [6.45, 7) is 3.44. The minimum atomic E-state index is -0.376. The molecule has 0 saturated carbocycles. The van der Waals surface area contributed by atoms with Gasteiger partial charge in [-0.15, -0.1) is 11.3 Å². The summed E-state index contributed by atoms with van der Waals surface area (Å²) in [6.07, 6.45) is 4.01. The van der Waals surface area contributed by atoms with Crippen molar-refractivity contribution < 1.29 is 14.3 Å². The number of methoxy groups -OCH3 is 1. The van der Waals surface area contributed by atoms with Gasteiger partial charge in [-0.1, -0.05) is 6.42 Å². The van der Waals surface area contributed by atoms with Crippen LogP contribution in [0.3, 0.4) is 0 Å². The van der Waals surface area contributed by atoms with Crippen LogP contribution in [0.2, 0.25) is 0 Å². The van der Waals surface area contributed by atoms with Gasteiger partial charge >= 0.3 is 0 Å². The number of amides is 2. The van der Waals surface area contributed by atoms with Crippen LogP contribution in [0.5, 0.6) is 5.75 Å². The van der Waals surface area contributed by atoms with Crippen molar-refractivity contribution in [3.8, 4) is 5.75 Å². The van der Waals surface area contributed by atoms with Gasteiger partial charge in [0, 0.05) is 30.6 Å². The van der Waals surface area contributed by atoms with Crippen LogP contribution in [0, 0.1) is 5.92 Å². The highest BCUT2D eigenvalue weighted by Crippen LogP contribution is 2.28. The van der Waals surface area contributed by atoms with Crippen LogP contribution in [0.4, 0.5) is 10.8 Å². The van der Waals surface area contributed by atoms with Gasteiger partial charge in [0.2, 0.25) is 11.8 Å². The fraction of sp³-hybridized carbons (Fsp3) is 0.476. The molecular weight excluding hydrogens is 388 g/mol. The van der Waals surface area contributed by atoms with Crippen LogP contribution in [0.1, 0.15) is 31.4 Å². The number of hydrogen-bond acceptors (Lipinski definition) is 6. The Hall–Kier alpha value is -2.45. The second-order valence-electron chi connectivity index (χ2n) is 7.57. The lowest BCUT2D eigenvalue weighted by atomic mass is 10.1. The Labute approximate surface area is 174 Å². The summed E-state index contributed by atoms with van der Waals surface area (Å²) in [5.41, 5.74) is 1.78. The summed E-state index contributed by atoms with van der Waals surface area (Å²) in [6, 6.07) is 7.31. The van der Waals surface area contributed by atoms with Crippen molar-refractivity contribution in [1.82, 2.24) is 9.88 Å². The van der Waals surface area contributed by atoms with E-state index in [4.69, 9.17) is 4.74 Å². The zero-order chi connectivity index (χ0) is 20.2. The summed E-state index contributed by atoms with van der Waals surface area (Å²) >= 11 is 1.45. The van der Waals surface area contributed by atoms with E-state index in [1.165, 1.54) is 30.6 Å². The number of nitrogens with zero attached hydrogens (tertiary/aromatic N) is 3. The fourth-order valence-electron chi connectivity index (χ4n) is 3.89. The Balaban J connectivity index is 1.33. The normalized spacial score (nSPS) is 20.1. The summed E-state index contributed by atoms with van der Waals surface area (Å²) in [7, 11) is 1.60. The van der Waals surface area contributed by atoms with Gasteiger partial charge in [-0.2, -0.15) is 0 Å². The molecule has 1 N–H and O–H groups in total. The average Bonchev–Trinajstić information content (AvgIpc) is 3.35. The summed E-state index contributed by atoms with van der Waals surface area (Å²) in [5, 5.41) is 5.52. The van der Waals surface area contributed by atoms with E-state index in [1.807, 2.05) is 29.6 Å². The van der Waals surface area contributed by atoms with Crippen molar-refractivity contribution in [1.29, 1.82) is 0 Å². The molecule has 0 radical (unpaired) electrons. The number of thiazole rings is 1. The molecule has 4 rings (SSSR count). The first kappa shape index (κ1) is 19.8. The maximum atomic E-state index is 12.7. The smallest absolute Gasteiger partial charge is 0.231 e. The van der Waals surface area contributed by atoms with Gasteiger partial charge in [-0.05, 0) is 50.2 Å². The van der Waals surface area contributed by atoms with E-state index in [1.54, 1.807) is 12.0 Å². The third-order valence-corrected chi connectivity index (χ3v) is 6.30. The zero-order valence-corrected chi connectivity index (χ0v) is 17.4. The Kier molecular flexibility index (Phi) is 6.10. The lowest BCUT2D eigenvalue weighted by Gasteiger charge is -2.25. The SMILES string of the molecule is COc1ccc(N2CC(C(=O)Nc3nc(CN4CCCCC4)cs3)CC2=O)cc1. The molecule has 154 valence electrons. The van der Waals surface area contributed by atoms with E-state index in [9.17, 15) is 9.59 Å².